The van der Waals surface area contributed by atoms with Gasteiger partial charge in [-0.1, -0.05) is 24.3 Å². The van der Waals surface area contributed by atoms with Crippen LogP contribution >= 0.6 is 0 Å². The number of amides is 1. The molecule has 4 aromatic rings. The van der Waals surface area contributed by atoms with E-state index in [0.29, 0.717) is 17.9 Å². The van der Waals surface area contributed by atoms with E-state index in [-0.39, 0.29) is 17.5 Å². The third-order valence-electron chi connectivity index (χ3n) is 6.39. The maximum atomic E-state index is 13.4. The van der Waals surface area contributed by atoms with Crippen LogP contribution in [-0.2, 0) is 5.54 Å². The molecule has 7 heteroatoms. The molecule has 7 nitrogen and oxygen atoms in total. The Balaban J connectivity index is 1.62. The molecular formula is C30H37N5O2. The highest BCUT2D eigenvalue weighted by Crippen LogP contribution is 2.30. The molecule has 4 rings (SSSR count). The molecule has 194 valence electrons. The van der Waals surface area contributed by atoms with E-state index >= 15 is 0 Å². The van der Waals surface area contributed by atoms with E-state index in [9.17, 15) is 4.79 Å². The summed E-state index contributed by atoms with van der Waals surface area (Å²) in [6.45, 7) is 11.7. The van der Waals surface area contributed by atoms with Gasteiger partial charge in [0.25, 0.3) is 5.91 Å². The summed E-state index contributed by atoms with van der Waals surface area (Å²) in [5, 5.41) is 8.77. The van der Waals surface area contributed by atoms with Gasteiger partial charge in [-0.05, 0) is 84.1 Å². The molecule has 2 heterocycles. The lowest BCUT2D eigenvalue weighted by molar-refractivity contribution is 0.0939. The van der Waals surface area contributed by atoms with Crippen LogP contribution in [0.4, 0.5) is 0 Å². The number of carbonyl (C=O) groups is 1. The molecule has 0 radical (unpaired) electrons. The Morgan fingerprint density at radius 3 is 2.59 bits per heavy atom. The summed E-state index contributed by atoms with van der Waals surface area (Å²) in [5.74, 6) is 0.559. The van der Waals surface area contributed by atoms with Gasteiger partial charge >= 0.3 is 0 Å². The van der Waals surface area contributed by atoms with Crippen LogP contribution in [0, 0.1) is 6.92 Å². The average Bonchev–Trinajstić information content (AvgIpc) is 3.35. The van der Waals surface area contributed by atoms with Crippen molar-refractivity contribution in [1.82, 2.24) is 25.0 Å². The molecule has 37 heavy (non-hydrogen) atoms. The van der Waals surface area contributed by atoms with Crippen molar-refractivity contribution >= 4 is 16.8 Å². The Morgan fingerprint density at radius 1 is 1.14 bits per heavy atom. The van der Waals surface area contributed by atoms with Crippen LogP contribution < -0.4 is 10.1 Å². The van der Waals surface area contributed by atoms with Crippen LogP contribution in [-0.4, -0.2) is 52.8 Å². The molecule has 0 spiro atoms. The number of likely N-dealkylation sites (N-methyl/N-ethyl adjacent to an activating group) is 1. The fourth-order valence-electron chi connectivity index (χ4n) is 4.16. The van der Waals surface area contributed by atoms with E-state index in [4.69, 9.17) is 9.72 Å². The number of nitrogens with zero attached hydrogens (tertiary/aromatic N) is 4. The number of para-hydroxylation sites is 1. The third-order valence-corrected chi connectivity index (χ3v) is 6.39. The van der Waals surface area contributed by atoms with Crippen molar-refractivity contribution in [3.8, 4) is 17.0 Å². The van der Waals surface area contributed by atoms with Gasteiger partial charge in [-0.2, -0.15) is 5.10 Å². The number of nitrogens with one attached hydrogen (secondary N) is 1. The Kier molecular flexibility index (Phi) is 7.64. The molecule has 0 saturated carbocycles. The van der Waals surface area contributed by atoms with Crippen LogP contribution in [0.15, 0.2) is 60.9 Å². The fourth-order valence-corrected chi connectivity index (χ4v) is 4.16. The van der Waals surface area contributed by atoms with Crippen LogP contribution in [0.5, 0.6) is 5.75 Å². The van der Waals surface area contributed by atoms with Gasteiger partial charge in [0.05, 0.1) is 29.0 Å². The lowest BCUT2D eigenvalue weighted by atomic mass is 9.99. The predicted molar refractivity (Wildman–Crippen MR) is 149 cm³/mol. The van der Waals surface area contributed by atoms with Crippen molar-refractivity contribution < 1.29 is 9.53 Å². The van der Waals surface area contributed by atoms with Crippen LogP contribution in [0.25, 0.3) is 22.2 Å². The van der Waals surface area contributed by atoms with Crippen molar-refractivity contribution in [3.05, 3.63) is 77.6 Å². The van der Waals surface area contributed by atoms with E-state index in [1.165, 1.54) is 0 Å². The molecule has 1 N–H and O–H groups in total. The van der Waals surface area contributed by atoms with Crippen molar-refractivity contribution in [2.75, 3.05) is 27.2 Å². The molecule has 0 saturated heterocycles. The standard InChI is InChI=1S/C30H37N5O2/c1-20-12-13-23(37-15-14-34(6)7)16-25(20)29(36)32-21(2)26-17-28(33-27-11-9-8-10-24(26)27)22-18-31-35(19-22)30(3,4)5/h8-13,16-19,21H,14-15H2,1-7H3,(H,32,36). The Bertz CT molecular complexity index is 1400. The number of aryl methyl sites for hydroxylation is 1. The topological polar surface area (TPSA) is 72.3 Å². The largest absolute Gasteiger partial charge is 0.492 e. The Hall–Kier alpha value is -3.71. The van der Waals surface area contributed by atoms with Crippen molar-refractivity contribution in [2.45, 2.75) is 46.2 Å². The number of ether oxygens (including phenoxy) is 1. The monoisotopic (exact) mass is 499 g/mol. The van der Waals surface area contributed by atoms with Crippen LogP contribution in [0.2, 0.25) is 0 Å². The smallest absolute Gasteiger partial charge is 0.252 e. The molecule has 0 aliphatic rings. The summed E-state index contributed by atoms with van der Waals surface area (Å²) in [5.41, 5.74) is 5.05. The molecule has 2 aromatic heterocycles. The number of hydrogen-bond donors (Lipinski definition) is 1. The lowest BCUT2D eigenvalue weighted by Crippen LogP contribution is -2.27. The van der Waals surface area contributed by atoms with Crippen molar-refractivity contribution in [1.29, 1.82) is 0 Å². The lowest BCUT2D eigenvalue weighted by Gasteiger charge is -2.19. The minimum atomic E-state index is -0.241. The molecule has 0 aliphatic heterocycles. The van der Waals surface area contributed by atoms with E-state index in [1.54, 1.807) is 0 Å². The Labute approximate surface area is 219 Å². The first-order valence-electron chi connectivity index (χ1n) is 12.7. The van der Waals surface area contributed by atoms with E-state index in [0.717, 1.165) is 39.8 Å². The highest BCUT2D eigenvalue weighted by molar-refractivity contribution is 5.96. The first kappa shape index (κ1) is 26.4. The predicted octanol–water partition coefficient (Wildman–Crippen LogP) is 5.59. The number of hydrogen-bond acceptors (Lipinski definition) is 5. The highest BCUT2D eigenvalue weighted by atomic mass is 16.5. The first-order chi connectivity index (χ1) is 17.5. The number of pyridine rings is 1. The molecule has 2 aromatic carbocycles. The van der Waals surface area contributed by atoms with Crippen molar-refractivity contribution in [3.63, 3.8) is 0 Å². The minimum Gasteiger partial charge on any atom is -0.492 e. The van der Waals surface area contributed by atoms with E-state index < -0.39 is 0 Å². The molecule has 1 atom stereocenters. The molecule has 1 unspecified atom stereocenters. The normalized spacial score (nSPS) is 12.6. The summed E-state index contributed by atoms with van der Waals surface area (Å²) in [6, 6.07) is 15.5. The van der Waals surface area contributed by atoms with Gasteiger partial charge in [-0.25, -0.2) is 4.98 Å². The molecule has 1 amide bonds. The third kappa shape index (κ3) is 6.17. The van der Waals surface area contributed by atoms with Gasteiger partial charge in [-0.3, -0.25) is 9.48 Å². The first-order valence-corrected chi connectivity index (χ1v) is 12.7. The second-order valence-electron chi connectivity index (χ2n) is 10.8. The highest BCUT2D eigenvalue weighted by Gasteiger charge is 2.20. The fraction of sp³-hybridized carbons (Fsp3) is 0.367. The average molecular weight is 500 g/mol. The van der Waals surface area contributed by atoms with Crippen molar-refractivity contribution in [2.24, 2.45) is 0 Å². The van der Waals surface area contributed by atoms with Gasteiger partial charge in [0, 0.05) is 29.3 Å². The SMILES string of the molecule is Cc1ccc(OCCN(C)C)cc1C(=O)NC(C)c1cc(-c2cnn(C(C)(C)C)c2)nc2ccccc12. The molecule has 0 bridgehead atoms. The summed E-state index contributed by atoms with van der Waals surface area (Å²) >= 11 is 0. The van der Waals surface area contributed by atoms with Gasteiger partial charge in [0.2, 0.25) is 0 Å². The minimum absolute atomic E-state index is 0.123. The zero-order valence-corrected chi connectivity index (χ0v) is 22.9. The summed E-state index contributed by atoms with van der Waals surface area (Å²) in [7, 11) is 4.01. The van der Waals surface area contributed by atoms with Gasteiger partial charge in [0.1, 0.15) is 12.4 Å². The van der Waals surface area contributed by atoms with E-state index in [1.807, 2.05) is 87.5 Å². The van der Waals surface area contributed by atoms with Crippen LogP contribution in [0.1, 0.15) is 55.2 Å². The van der Waals surface area contributed by atoms with Gasteiger partial charge in [-0.15, -0.1) is 0 Å². The maximum absolute atomic E-state index is 13.4. The second-order valence-corrected chi connectivity index (χ2v) is 10.8. The number of benzene rings is 2. The number of carbonyl (C=O) groups excluding carboxylic acids is 1. The van der Waals surface area contributed by atoms with E-state index in [2.05, 4.69) is 42.2 Å². The van der Waals surface area contributed by atoms with Gasteiger partial charge < -0.3 is 15.0 Å². The second kappa shape index (κ2) is 10.7. The molecule has 0 aliphatic carbocycles. The molecular weight excluding hydrogens is 462 g/mol. The van der Waals surface area contributed by atoms with Crippen LogP contribution in [0.3, 0.4) is 0 Å². The summed E-state index contributed by atoms with van der Waals surface area (Å²) in [4.78, 5) is 20.3. The zero-order valence-electron chi connectivity index (χ0n) is 22.9. The number of rotatable bonds is 8. The summed E-state index contributed by atoms with van der Waals surface area (Å²) in [6.07, 6.45) is 3.87. The van der Waals surface area contributed by atoms with Gasteiger partial charge in [0.15, 0.2) is 0 Å². The zero-order chi connectivity index (χ0) is 26.7. The number of fused-ring (bicyclic) bond motifs is 1. The molecule has 0 fully saturated rings. The summed E-state index contributed by atoms with van der Waals surface area (Å²) < 4.78 is 7.81. The Morgan fingerprint density at radius 2 is 1.89 bits per heavy atom. The number of aromatic nitrogens is 3. The quantitative estimate of drug-likeness (QED) is 0.342. The maximum Gasteiger partial charge on any atom is 0.252 e.